The van der Waals surface area contributed by atoms with E-state index in [1.54, 1.807) is 0 Å². The van der Waals surface area contributed by atoms with Crippen LogP contribution in [0.2, 0.25) is 0 Å². The summed E-state index contributed by atoms with van der Waals surface area (Å²) in [6.45, 7) is 73.2. The standard InChI is InChI=1S/2C21H21BO3.C18H15BO3.C11H23BO3.4C10H21BO3/c1-16-10-12-19(13-11-16)23-22(24-20-8-4-6-17(2)14-20)25-21-9-5-7-18(3)15-21;1-16-7-11-19(12-8-16)23-22(24-20-13-9-17(2)10-14-20)25-21-6-4-5-18(3)15-21;1-4-10-16(11-5-1)20-19(21-17-12-6-2-7-13-17)22-18-14-8-3-9-15-18;1-6-7-8-9-13-12-14-10(2,3)11(4,5)15-12;1-8(2)7-12-11-13-9(3,4)10(5,6)14-11;1-8(2,3)12-11-13-9(4,5)10(6,7)14-11;1-7-8(2)12-11-13-9(3,4)10(5,6)14-11;1-6-7-8-12-11-13-9(2,3)10(4,5)14-11/h2*4-15H,1-3H3;1-15H;6-9H2,1-5H3;8H,7H2,1-6H3;1-7H3;8H,7H2,1-6H3;6-8H2,1-5H3. The lowest BCUT2D eigenvalue weighted by atomic mass is 9.90. The lowest BCUT2D eigenvalue weighted by Gasteiger charge is -2.31. The van der Waals surface area contributed by atoms with Gasteiger partial charge in [-0.2, -0.15) is 0 Å². The van der Waals surface area contributed by atoms with Crippen molar-refractivity contribution in [3.8, 4) is 51.7 Å². The third kappa shape index (κ3) is 42.1. The van der Waals surface area contributed by atoms with Gasteiger partial charge in [0, 0.05) is 31.5 Å². The first kappa shape index (κ1) is 121. The fourth-order valence-corrected chi connectivity index (χ4v) is 12.6. The second-order valence-corrected chi connectivity index (χ2v) is 42.6. The van der Waals surface area contributed by atoms with Gasteiger partial charge in [0.2, 0.25) is 0 Å². The molecule has 0 saturated carbocycles. The van der Waals surface area contributed by atoms with Crippen molar-refractivity contribution in [2.45, 2.75) is 349 Å². The smallest absolute Gasteiger partial charge is 0.490 e. The number of unbranched alkanes of at least 4 members (excludes halogenated alkanes) is 3. The maximum atomic E-state index is 5.93. The van der Waals surface area contributed by atoms with Crippen LogP contribution in [0.15, 0.2) is 237 Å². The Morgan fingerprint density at radius 3 is 0.734 bits per heavy atom. The summed E-state index contributed by atoms with van der Waals surface area (Å²) in [5, 5.41) is 0. The average Bonchev–Trinajstić information content (AvgIpc) is 1.66. The topological polar surface area (TPSA) is 222 Å². The number of rotatable bonds is 34. The summed E-state index contributed by atoms with van der Waals surface area (Å²) in [6, 6.07) is 75.1. The second-order valence-electron chi connectivity index (χ2n) is 42.6. The molecule has 1 atom stereocenters. The zero-order chi connectivity index (χ0) is 106. The largest absolute Gasteiger partial charge is 0.864 e. The molecule has 9 aromatic carbocycles. The van der Waals surface area contributed by atoms with Crippen LogP contribution in [-0.2, 0) is 69.8 Å². The van der Waals surface area contributed by atoms with Gasteiger partial charge in [-0.3, -0.25) is 0 Å². The minimum absolute atomic E-state index is 0.171. The summed E-state index contributed by atoms with van der Waals surface area (Å²) < 4.78 is 137. The monoisotopic (exact) mass is 1970 g/mol. The van der Waals surface area contributed by atoms with Crippen molar-refractivity contribution in [1.29, 1.82) is 0 Å². The molecule has 9 aromatic rings. The summed E-state index contributed by atoms with van der Waals surface area (Å²) >= 11 is 0. The Hall–Kier alpha value is -8.90. The summed E-state index contributed by atoms with van der Waals surface area (Å²) in [6.07, 6.45) is 6.77. The molecule has 5 heterocycles. The molecule has 776 valence electrons. The number of hydrogen-bond acceptors (Lipinski definition) is 24. The third-order valence-electron chi connectivity index (χ3n) is 25.2. The molecule has 0 amide bonds. The SMILES string of the molecule is CC(C)(C)OB1OC(C)(C)C(C)(C)O1.CC(C)COB1OC(C)(C)C(C)(C)O1.CCC(C)OB1OC(C)(C)C(C)(C)O1.CCCCCOB1OC(C)(C)C(C)(C)O1.CCCCOB1OC(C)(C)C(C)(C)O1.Cc1ccc(OB(Oc2ccc(C)cc2)Oc2cccc(C)c2)cc1.Cc1ccc(OB(Oc2cccc(C)c2)Oc2cccc(C)c2)cc1.c1ccc(OB(Oc2ccccc2)Oc2ccccc2)cc1. The molecule has 14 rings (SSSR count). The van der Waals surface area contributed by atoms with Crippen LogP contribution in [0.5, 0.6) is 51.7 Å². The minimum Gasteiger partial charge on any atom is -0.490 e. The molecule has 0 spiro atoms. The predicted molar refractivity (Wildman–Crippen MR) is 579 cm³/mol. The van der Waals surface area contributed by atoms with Gasteiger partial charge in [0.1, 0.15) is 51.7 Å². The fraction of sp³-hybridized carbons (Fsp3) is 0.514. The van der Waals surface area contributed by atoms with E-state index in [1.165, 1.54) is 29.5 Å². The van der Waals surface area contributed by atoms with Gasteiger partial charge in [0.15, 0.2) is 0 Å². The Bertz CT molecular complexity index is 4820. The van der Waals surface area contributed by atoms with Gasteiger partial charge in [0.25, 0.3) is 0 Å². The average molecular weight is 1970 g/mol. The normalized spacial score (nSPS) is 17.4. The molecule has 1 unspecified atom stereocenters. The van der Waals surface area contributed by atoms with E-state index in [-0.39, 0.29) is 67.7 Å². The van der Waals surface area contributed by atoms with Crippen molar-refractivity contribution in [3.63, 3.8) is 0 Å². The summed E-state index contributed by atoms with van der Waals surface area (Å²) in [5.41, 5.74) is 3.62. The number of hydrogen-bond donors (Lipinski definition) is 0. The Balaban J connectivity index is 0.000000225. The van der Waals surface area contributed by atoms with E-state index in [0.29, 0.717) is 77.5 Å². The molecule has 0 N–H and O–H groups in total. The van der Waals surface area contributed by atoms with Gasteiger partial charge in [-0.1, -0.05) is 198 Å². The number of aryl methyl sites for hydroxylation is 6. The maximum Gasteiger partial charge on any atom is 0.864 e. The minimum atomic E-state index is -0.883. The van der Waals surface area contributed by atoms with Crippen LogP contribution in [-0.4, -0.2) is 146 Å². The van der Waals surface area contributed by atoms with E-state index in [0.717, 1.165) is 42.4 Å². The Morgan fingerprint density at radius 2 is 0.490 bits per heavy atom. The van der Waals surface area contributed by atoms with Crippen molar-refractivity contribution in [3.05, 3.63) is 270 Å². The first-order valence-electron chi connectivity index (χ1n) is 50.4. The molecule has 0 aromatic heterocycles. The number of benzene rings is 9. The van der Waals surface area contributed by atoms with E-state index in [1.807, 2.05) is 444 Å². The van der Waals surface area contributed by atoms with Crippen LogP contribution in [0.25, 0.3) is 0 Å². The summed E-state index contributed by atoms with van der Waals surface area (Å²) in [7, 11) is -5.21. The lowest BCUT2D eigenvalue weighted by Crippen LogP contribution is -2.41. The predicted octanol–water partition coefficient (Wildman–Crippen LogP) is 26.7. The van der Waals surface area contributed by atoms with Gasteiger partial charge in [-0.15, -0.1) is 0 Å². The highest BCUT2D eigenvalue weighted by Gasteiger charge is 2.58. The molecule has 0 radical (unpaired) electrons. The molecule has 0 aliphatic carbocycles. The highest BCUT2D eigenvalue weighted by molar-refractivity contribution is 6.41. The molecule has 24 nitrogen and oxygen atoms in total. The molecule has 5 saturated heterocycles. The van der Waals surface area contributed by atoms with Crippen LogP contribution < -0.4 is 41.9 Å². The molecule has 0 bridgehead atoms. The molecule has 5 fully saturated rings. The van der Waals surface area contributed by atoms with E-state index < -0.39 is 58.6 Å². The van der Waals surface area contributed by atoms with E-state index >= 15 is 0 Å². The van der Waals surface area contributed by atoms with Gasteiger partial charge in [0.05, 0.1) is 56.0 Å². The lowest BCUT2D eigenvalue weighted by molar-refractivity contribution is 0.00578. The Labute approximate surface area is 861 Å². The zero-order valence-corrected chi connectivity index (χ0v) is 92.5. The van der Waals surface area contributed by atoms with Crippen LogP contribution in [0, 0.1) is 47.5 Å². The second kappa shape index (κ2) is 55.8. The summed E-state index contributed by atoms with van der Waals surface area (Å²) in [4.78, 5) is 0. The molecular formula is C111H164B8O24. The molecule has 32 heteroatoms. The Morgan fingerprint density at radius 1 is 0.259 bits per heavy atom. The van der Waals surface area contributed by atoms with Gasteiger partial charge in [-0.25, -0.2) is 0 Å². The molecule has 5 aliphatic rings. The van der Waals surface area contributed by atoms with Crippen molar-refractivity contribution in [1.82, 2.24) is 0 Å². The summed E-state index contributed by atoms with van der Waals surface area (Å²) in [5.74, 6) is 6.70. The van der Waals surface area contributed by atoms with Gasteiger partial charge < -0.3 is 112 Å². The van der Waals surface area contributed by atoms with Crippen molar-refractivity contribution >= 4 is 58.6 Å². The van der Waals surface area contributed by atoms with Crippen molar-refractivity contribution in [2.75, 3.05) is 19.8 Å². The first-order valence-corrected chi connectivity index (χ1v) is 50.4. The highest BCUT2D eigenvalue weighted by atomic mass is 16.8. The molecule has 143 heavy (non-hydrogen) atoms. The van der Waals surface area contributed by atoms with Gasteiger partial charge >= 0.3 is 58.6 Å². The van der Waals surface area contributed by atoms with E-state index in [9.17, 15) is 0 Å². The van der Waals surface area contributed by atoms with Crippen molar-refractivity contribution in [2.24, 2.45) is 5.92 Å². The van der Waals surface area contributed by atoms with Gasteiger partial charge in [-0.05, 0) is 359 Å². The van der Waals surface area contributed by atoms with Crippen LogP contribution in [0.3, 0.4) is 0 Å². The zero-order valence-electron chi connectivity index (χ0n) is 92.5. The van der Waals surface area contributed by atoms with Crippen LogP contribution in [0.4, 0.5) is 0 Å². The molecule has 5 aliphatic heterocycles. The third-order valence-corrected chi connectivity index (χ3v) is 25.2. The number of para-hydroxylation sites is 3. The maximum absolute atomic E-state index is 5.93. The first-order chi connectivity index (χ1) is 66.9. The highest BCUT2D eigenvalue weighted by Crippen LogP contribution is 2.43. The van der Waals surface area contributed by atoms with Crippen LogP contribution >= 0.6 is 0 Å². The fourth-order valence-electron chi connectivity index (χ4n) is 12.6. The van der Waals surface area contributed by atoms with E-state index in [2.05, 4.69) is 34.6 Å². The Kier molecular flexibility index (Phi) is 47.2. The van der Waals surface area contributed by atoms with Crippen LogP contribution in [0.1, 0.15) is 273 Å². The quantitative estimate of drug-likeness (QED) is 0.0270. The van der Waals surface area contributed by atoms with Crippen molar-refractivity contribution < 1.29 is 112 Å². The molecular weight excluding hydrogens is 1800 g/mol. The van der Waals surface area contributed by atoms with E-state index in [4.69, 9.17) is 112 Å².